The fourth-order valence-electron chi connectivity index (χ4n) is 2.38. The molecule has 0 radical (unpaired) electrons. The number of rotatable bonds is 5. The van der Waals surface area contributed by atoms with Crippen molar-refractivity contribution < 1.29 is 9.90 Å². The lowest BCUT2D eigenvalue weighted by atomic mass is 9.86. The molecule has 1 saturated carbocycles. The zero-order chi connectivity index (χ0) is 13.6. The summed E-state index contributed by atoms with van der Waals surface area (Å²) in [7, 11) is 0. The average Bonchev–Trinajstić information content (AvgIpc) is 2.30. The Balaban J connectivity index is 2.28. The summed E-state index contributed by atoms with van der Waals surface area (Å²) < 4.78 is 0. The summed E-state index contributed by atoms with van der Waals surface area (Å²) in [5.41, 5.74) is -0.838. The third-order valence-electron chi connectivity index (χ3n) is 3.51. The Morgan fingerprint density at radius 1 is 1.44 bits per heavy atom. The minimum Gasteiger partial charge on any atom is -0.387 e. The highest BCUT2D eigenvalue weighted by molar-refractivity contribution is 7.98. The van der Waals surface area contributed by atoms with Crippen LogP contribution in [0.4, 0.5) is 4.79 Å². The topological polar surface area (TPSA) is 61.4 Å². The first-order valence-electron chi connectivity index (χ1n) is 6.70. The molecule has 0 aliphatic heterocycles. The highest BCUT2D eigenvalue weighted by atomic mass is 32.2. The number of hydrogen-bond acceptors (Lipinski definition) is 3. The van der Waals surface area contributed by atoms with Crippen molar-refractivity contribution in [3.05, 3.63) is 0 Å². The number of amides is 2. The highest BCUT2D eigenvalue weighted by Crippen LogP contribution is 2.23. The molecule has 18 heavy (non-hydrogen) atoms. The van der Waals surface area contributed by atoms with Crippen molar-refractivity contribution in [2.75, 3.05) is 18.6 Å². The minimum atomic E-state index is -0.838. The number of thioether (sulfide) groups is 1. The molecule has 0 spiro atoms. The fraction of sp³-hybridized carbons (Fsp3) is 0.923. The summed E-state index contributed by atoms with van der Waals surface area (Å²) in [5.74, 6) is 1.17. The van der Waals surface area contributed by atoms with E-state index < -0.39 is 5.60 Å². The molecule has 1 fully saturated rings. The second-order valence-electron chi connectivity index (χ2n) is 5.63. The van der Waals surface area contributed by atoms with Gasteiger partial charge in [0, 0.05) is 18.3 Å². The number of urea groups is 1. The van der Waals surface area contributed by atoms with Crippen molar-refractivity contribution in [1.29, 1.82) is 0 Å². The Bertz CT molecular complexity index is 272. The first-order valence-corrected chi connectivity index (χ1v) is 8.10. The van der Waals surface area contributed by atoms with Crippen LogP contribution in [0.15, 0.2) is 0 Å². The molecule has 3 unspecified atom stereocenters. The average molecular weight is 274 g/mol. The number of hydrogen-bond donors (Lipinski definition) is 3. The van der Waals surface area contributed by atoms with Crippen molar-refractivity contribution in [1.82, 2.24) is 10.6 Å². The third-order valence-corrected chi connectivity index (χ3v) is 4.42. The standard InChI is InChI=1S/C13H26N2O2S/c1-10-6-4-5-7-11(10)15-12(16)14-8-13(2,17)9-18-3/h10-11,17H,4-9H2,1-3H3,(H2,14,15,16). The maximum Gasteiger partial charge on any atom is 0.315 e. The molecule has 0 aromatic heterocycles. The van der Waals surface area contributed by atoms with Crippen LogP contribution in [0.25, 0.3) is 0 Å². The molecule has 106 valence electrons. The van der Waals surface area contributed by atoms with Crippen LogP contribution in [0.2, 0.25) is 0 Å². The second kappa shape index (κ2) is 7.24. The quantitative estimate of drug-likeness (QED) is 0.718. The zero-order valence-electron chi connectivity index (χ0n) is 11.7. The third kappa shape index (κ3) is 5.48. The predicted molar refractivity (Wildman–Crippen MR) is 77.0 cm³/mol. The SMILES string of the molecule is CSCC(C)(O)CNC(=O)NC1CCCCC1C. The fourth-order valence-corrected chi connectivity index (χ4v) is 3.11. The number of aliphatic hydroxyl groups is 1. The Morgan fingerprint density at radius 3 is 2.72 bits per heavy atom. The van der Waals surface area contributed by atoms with E-state index in [1.807, 2.05) is 6.26 Å². The van der Waals surface area contributed by atoms with Crippen LogP contribution in [0.1, 0.15) is 39.5 Å². The maximum absolute atomic E-state index is 11.8. The van der Waals surface area contributed by atoms with Crippen LogP contribution < -0.4 is 10.6 Å². The summed E-state index contributed by atoms with van der Waals surface area (Å²) in [5, 5.41) is 15.7. The predicted octanol–water partition coefficient (Wildman–Crippen LogP) is 1.98. The Hall–Kier alpha value is -0.420. The van der Waals surface area contributed by atoms with Gasteiger partial charge in [-0.1, -0.05) is 19.8 Å². The summed E-state index contributed by atoms with van der Waals surface area (Å²) in [6.07, 6.45) is 6.66. The molecule has 0 aromatic carbocycles. The summed E-state index contributed by atoms with van der Waals surface area (Å²) in [6.45, 7) is 4.22. The van der Waals surface area contributed by atoms with Crippen molar-refractivity contribution in [2.24, 2.45) is 5.92 Å². The van der Waals surface area contributed by atoms with Gasteiger partial charge >= 0.3 is 6.03 Å². The van der Waals surface area contributed by atoms with E-state index in [2.05, 4.69) is 17.6 Å². The van der Waals surface area contributed by atoms with E-state index in [1.54, 1.807) is 18.7 Å². The molecule has 1 aliphatic rings. The molecule has 0 bridgehead atoms. The van der Waals surface area contributed by atoms with Gasteiger partial charge in [0.1, 0.15) is 0 Å². The lowest BCUT2D eigenvalue weighted by Gasteiger charge is -2.30. The second-order valence-corrected chi connectivity index (χ2v) is 6.49. The normalized spacial score (nSPS) is 27.3. The molecular weight excluding hydrogens is 248 g/mol. The van der Waals surface area contributed by atoms with Crippen LogP contribution >= 0.6 is 11.8 Å². The van der Waals surface area contributed by atoms with Crippen LogP contribution in [-0.4, -0.2) is 41.3 Å². The molecule has 0 aromatic rings. The molecule has 0 saturated heterocycles. The summed E-state index contributed by atoms with van der Waals surface area (Å²) in [6, 6.07) is 0.124. The van der Waals surface area contributed by atoms with E-state index in [4.69, 9.17) is 0 Å². The van der Waals surface area contributed by atoms with Crippen LogP contribution in [0.3, 0.4) is 0 Å². The Labute approximate surface area is 114 Å². The van der Waals surface area contributed by atoms with Crippen molar-refractivity contribution in [3.63, 3.8) is 0 Å². The molecule has 4 nitrogen and oxygen atoms in total. The van der Waals surface area contributed by atoms with E-state index in [0.717, 1.165) is 6.42 Å². The van der Waals surface area contributed by atoms with Gasteiger partial charge in [-0.3, -0.25) is 0 Å². The molecule has 3 atom stereocenters. The maximum atomic E-state index is 11.8. The lowest BCUT2D eigenvalue weighted by molar-refractivity contribution is 0.0865. The Morgan fingerprint density at radius 2 is 2.11 bits per heavy atom. The Kier molecular flexibility index (Phi) is 6.29. The zero-order valence-corrected chi connectivity index (χ0v) is 12.5. The van der Waals surface area contributed by atoms with Gasteiger partial charge in [-0.05, 0) is 31.9 Å². The smallest absolute Gasteiger partial charge is 0.315 e. The van der Waals surface area contributed by atoms with Gasteiger partial charge in [0.05, 0.1) is 5.60 Å². The molecule has 1 rings (SSSR count). The molecular formula is C13H26N2O2S. The van der Waals surface area contributed by atoms with Gasteiger partial charge in [-0.2, -0.15) is 11.8 Å². The van der Waals surface area contributed by atoms with Crippen molar-refractivity contribution >= 4 is 17.8 Å². The van der Waals surface area contributed by atoms with Crippen molar-refractivity contribution in [3.8, 4) is 0 Å². The van der Waals surface area contributed by atoms with Crippen LogP contribution in [0.5, 0.6) is 0 Å². The van der Waals surface area contributed by atoms with Gasteiger partial charge in [0.2, 0.25) is 0 Å². The van der Waals surface area contributed by atoms with Crippen molar-refractivity contribution in [2.45, 2.75) is 51.2 Å². The molecule has 2 amide bonds. The highest BCUT2D eigenvalue weighted by Gasteiger charge is 2.24. The van der Waals surface area contributed by atoms with E-state index in [-0.39, 0.29) is 12.1 Å². The minimum absolute atomic E-state index is 0.157. The van der Waals surface area contributed by atoms with E-state index in [9.17, 15) is 9.90 Å². The monoisotopic (exact) mass is 274 g/mol. The first kappa shape index (κ1) is 15.6. The lowest BCUT2D eigenvalue weighted by Crippen LogP contribution is -2.50. The van der Waals surface area contributed by atoms with E-state index in [0.29, 0.717) is 18.2 Å². The summed E-state index contributed by atoms with van der Waals surface area (Å²) >= 11 is 1.57. The molecule has 5 heteroatoms. The number of carbonyl (C=O) groups is 1. The van der Waals surface area contributed by atoms with Gasteiger partial charge < -0.3 is 15.7 Å². The van der Waals surface area contributed by atoms with Crippen LogP contribution in [-0.2, 0) is 0 Å². The summed E-state index contributed by atoms with van der Waals surface area (Å²) in [4.78, 5) is 11.8. The van der Waals surface area contributed by atoms with Crippen LogP contribution in [0, 0.1) is 5.92 Å². The van der Waals surface area contributed by atoms with E-state index >= 15 is 0 Å². The van der Waals surface area contributed by atoms with Gasteiger partial charge in [0.15, 0.2) is 0 Å². The number of nitrogens with one attached hydrogen (secondary N) is 2. The number of carbonyl (C=O) groups excluding carboxylic acids is 1. The van der Waals surface area contributed by atoms with Gasteiger partial charge in [0.25, 0.3) is 0 Å². The first-order chi connectivity index (χ1) is 8.44. The molecule has 0 heterocycles. The molecule has 3 N–H and O–H groups in total. The molecule has 1 aliphatic carbocycles. The van der Waals surface area contributed by atoms with Gasteiger partial charge in [-0.15, -0.1) is 0 Å². The van der Waals surface area contributed by atoms with Gasteiger partial charge in [-0.25, -0.2) is 4.79 Å². The largest absolute Gasteiger partial charge is 0.387 e. The van der Waals surface area contributed by atoms with E-state index in [1.165, 1.54) is 19.3 Å².